The lowest BCUT2D eigenvalue weighted by molar-refractivity contribution is 0.0991. The van der Waals surface area contributed by atoms with Crippen LogP contribution in [-0.4, -0.2) is 64.2 Å². The number of carbonyl (C=O) groups excluding carboxylic acids is 2. The van der Waals surface area contributed by atoms with E-state index < -0.39 is 0 Å². The molecule has 0 N–H and O–H groups in total. The van der Waals surface area contributed by atoms with Crippen molar-refractivity contribution >= 4 is 22.9 Å². The lowest BCUT2D eigenvalue weighted by Gasteiger charge is -2.28. The molecule has 2 aliphatic heterocycles. The van der Waals surface area contributed by atoms with Crippen LogP contribution >= 0.6 is 0 Å². The van der Waals surface area contributed by atoms with Gasteiger partial charge >= 0.3 is 0 Å². The molecule has 0 bridgehead atoms. The summed E-state index contributed by atoms with van der Waals surface area (Å²) >= 11 is 0. The Morgan fingerprint density at radius 3 is 1.41 bits per heavy atom. The number of Topliss-reactive ketones (excluding diaryl/α,β-unsaturated/α-hetero) is 1. The van der Waals surface area contributed by atoms with Crippen molar-refractivity contribution in [2.45, 2.75) is 6.42 Å². The van der Waals surface area contributed by atoms with Gasteiger partial charge in [-0.25, -0.2) is 0 Å². The van der Waals surface area contributed by atoms with Gasteiger partial charge in [0.15, 0.2) is 11.6 Å². The molecule has 2 aliphatic rings. The lowest BCUT2D eigenvalue weighted by Crippen LogP contribution is -2.36. The Balaban J connectivity index is 0.000000165. The minimum Gasteiger partial charge on any atom is -0.378 e. The standard InChI is InChI=1S/C18H19NO2.C17H17NO2/c20-18(16-4-2-1-3-5-16)14-15-6-8-17(9-7-15)19-10-12-21-13-11-19;19-17(14-4-2-1-3-5-14)15-6-8-16(9-7-15)18-10-12-20-13-11-18/h1-9H,10-14H2;1-9H,10-13H2. The average molecular weight is 549 g/mol. The fourth-order valence-electron chi connectivity index (χ4n) is 4.96. The largest absolute Gasteiger partial charge is 0.378 e. The summed E-state index contributed by atoms with van der Waals surface area (Å²) in [5, 5.41) is 0. The van der Waals surface area contributed by atoms with Crippen LogP contribution in [0, 0.1) is 0 Å². The molecule has 6 rings (SSSR count). The lowest BCUT2D eigenvalue weighted by atomic mass is 10.0. The molecule has 2 fully saturated rings. The number of morpholine rings is 2. The first kappa shape index (κ1) is 28.3. The zero-order chi connectivity index (χ0) is 28.3. The second-order valence-electron chi connectivity index (χ2n) is 10.1. The minimum atomic E-state index is 0.0686. The molecule has 41 heavy (non-hydrogen) atoms. The molecule has 2 heterocycles. The Labute approximate surface area is 242 Å². The first-order chi connectivity index (χ1) is 20.2. The predicted molar refractivity (Wildman–Crippen MR) is 163 cm³/mol. The zero-order valence-electron chi connectivity index (χ0n) is 23.3. The zero-order valence-corrected chi connectivity index (χ0v) is 23.3. The highest BCUT2D eigenvalue weighted by Crippen LogP contribution is 2.19. The molecule has 0 saturated carbocycles. The molecule has 0 radical (unpaired) electrons. The van der Waals surface area contributed by atoms with Crippen molar-refractivity contribution in [3.63, 3.8) is 0 Å². The predicted octanol–water partition coefficient (Wildman–Crippen LogP) is 5.70. The van der Waals surface area contributed by atoms with E-state index in [1.54, 1.807) is 0 Å². The first-order valence-electron chi connectivity index (χ1n) is 14.2. The van der Waals surface area contributed by atoms with Crippen molar-refractivity contribution in [3.05, 3.63) is 131 Å². The first-order valence-corrected chi connectivity index (χ1v) is 14.2. The number of rotatable bonds is 7. The van der Waals surface area contributed by atoms with E-state index in [0.29, 0.717) is 6.42 Å². The van der Waals surface area contributed by atoms with Crippen molar-refractivity contribution in [2.75, 3.05) is 62.4 Å². The van der Waals surface area contributed by atoms with Crippen LogP contribution in [-0.2, 0) is 15.9 Å². The number of hydrogen-bond acceptors (Lipinski definition) is 6. The van der Waals surface area contributed by atoms with Crippen LogP contribution in [0.5, 0.6) is 0 Å². The molecular weight excluding hydrogens is 512 g/mol. The molecular formula is C35H36N2O4. The normalized spacial score (nSPS) is 15.0. The van der Waals surface area contributed by atoms with Crippen LogP contribution in [0.25, 0.3) is 0 Å². The Morgan fingerprint density at radius 2 is 0.927 bits per heavy atom. The van der Waals surface area contributed by atoms with Gasteiger partial charge in [-0.1, -0.05) is 72.8 Å². The molecule has 6 heteroatoms. The number of hydrogen-bond donors (Lipinski definition) is 0. The second kappa shape index (κ2) is 14.4. The Kier molecular flexibility index (Phi) is 9.93. The number of ether oxygens (including phenoxy) is 2. The van der Waals surface area contributed by atoms with Crippen LogP contribution in [0.3, 0.4) is 0 Å². The summed E-state index contributed by atoms with van der Waals surface area (Å²) in [6, 6.07) is 34.9. The van der Waals surface area contributed by atoms with Crippen molar-refractivity contribution in [3.8, 4) is 0 Å². The van der Waals surface area contributed by atoms with Gasteiger partial charge in [0, 0.05) is 60.7 Å². The molecule has 0 aromatic heterocycles. The third kappa shape index (κ3) is 7.91. The molecule has 210 valence electrons. The molecule has 6 nitrogen and oxygen atoms in total. The average Bonchev–Trinajstić information content (AvgIpc) is 3.07. The number of anilines is 2. The van der Waals surface area contributed by atoms with Gasteiger partial charge in [0.2, 0.25) is 0 Å². The smallest absolute Gasteiger partial charge is 0.193 e. The van der Waals surface area contributed by atoms with Gasteiger partial charge in [0.25, 0.3) is 0 Å². The van der Waals surface area contributed by atoms with E-state index in [9.17, 15) is 9.59 Å². The van der Waals surface area contributed by atoms with Gasteiger partial charge in [-0.05, 0) is 42.0 Å². The highest BCUT2D eigenvalue weighted by Gasteiger charge is 2.14. The monoisotopic (exact) mass is 548 g/mol. The number of nitrogens with zero attached hydrogens (tertiary/aromatic N) is 2. The van der Waals surface area contributed by atoms with Crippen molar-refractivity contribution in [2.24, 2.45) is 0 Å². The van der Waals surface area contributed by atoms with Gasteiger partial charge in [-0.3, -0.25) is 9.59 Å². The van der Waals surface area contributed by atoms with Gasteiger partial charge in [0.1, 0.15) is 0 Å². The summed E-state index contributed by atoms with van der Waals surface area (Å²) in [6.45, 7) is 6.79. The third-order valence-corrected chi connectivity index (χ3v) is 7.31. The Hall–Kier alpha value is -4.26. The quantitative estimate of drug-likeness (QED) is 0.276. The molecule has 4 aromatic carbocycles. The molecule has 0 amide bonds. The molecule has 0 spiro atoms. The number of ketones is 2. The molecule has 0 unspecified atom stereocenters. The van der Waals surface area contributed by atoms with Crippen molar-refractivity contribution in [1.29, 1.82) is 0 Å². The van der Waals surface area contributed by atoms with Crippen LogP contribution in [0.4, 0.5) is 11.4 Å². The molecule has 0 atom stereocenters. The Bertz CT molecular complexity index is 1380. The molecule has 4 aromatic rings. The van der Waals surface area contributed by atoms with E-state index in [1.807, 2.05) is 97.1 Å². The van der Waals surface area contributed by atoms with Crippen LogP contribution < -0.4 is 9.80 Å². The van der Waals surface area contributed by atoms with E-state index in [0.717, 1.165) is 80.5 Å². The maximum Gasteiger partial charge on any atom is 0.193 e. The summed E-state index contributed by atoms with van der Waals surface area (Å²) in [5.74, 6) is 0.230. The minimum absolute atomic E-state index is 0.0686. The van der Waals surface area contributed by atoms with Gasteiger partial charge in [-0.15, -0.1) is 0 Å². The molecule has 2 saturated heterocycles. The number of carbonyl (C=O) groups is 2. The van der Waals surface area contributed by atoms with E-state index >= 15 is 0 Å². The summed E-state index contributed by atoms with van der Waals surface area (Å²) in [6.07, 6.45) is 0.452. The maximum absolute atomic E-state index is 12.3. The van der Waals surface area contributed by atoms with Gasteiger partial charge in [-0.2, -0.15) is 0 Å². The van der Waals surface area contributed by atoms with E-state index in [-0.39, 0.29) is 11.6 Å². The highest BCUT2D eigenvalue weighted by molar-refractivity contribution is 6.09. The highest BCUT2D eigenvalue weighted by atomic mass is 16.5. The second-order valence-corrected chi connectivity index (χ2v) is 10.1. The van der Waals surface area contributed by atoms with Crippen LogP contribution in [0.1, 0.15) is 31.8 Å². The van der Waals surface area contributed by atoms with E-state index in [1.165, 1.54) is 5.69 Å². The van der Waals surface area contributed by atoms with Crippen molar-refractivity contribution in [1.82, 2.24) is 0 Å². The van der Waals surface area contributed by atoms with Crippen molar-refractivity contribution < 1.29 is 19.1 Å². The fourth-order valence-corrected chi connectivity index (χ4v) is 4.96. The summed E-state index contributed by atoms with van der Waals surface area (Å²) in [5.41, 5.74) is 5.64. The maximum atomic E-state index is 12.3. The van der Waals surface area contributed by atoms with E-state index in [2.05, 4.69) is 21.9 Å². The summed E-state index contributed by atoms with van der Waals surface area (Å²) in [7, 11) is 0. The van der Waals surface area contributed by atoms with Crippen LogP contribution in [0.15, 0.2) is 109 Å². The van der Waals surface area contributed by atoms with Gasteiger partial charge < -0.3 is 19.3 Å². The summed E-state index contributed by atoms with van der Waals surface area (Å²) < 4.78 is 10.7. The number of benzene rings is 4. The fraction of sp³-hybridized carbons (Fsp3) is 0.257. The SMILES string of the molecule is O=C(Cc1ccc(N2CCOCC2)cc1)c1ccccc1.O=C(c1ccccc1)c1ccc(N2CCOCC2)cc1. The third-order valence-electron chi connectivity index (χ3n) is 7.31. The van der Waals surface area contributed by atoms with Crippen LogP contribution in [0.2, 0.25) is 0 Å². The van der Waals surface area contributed by atoms with Gasteiger partial charge in [0.05, 0.1) is 26.4 Å². The molecule has 0 aliphatic carbocycles. The summed E-state index contributed by atoms with van der Waals surface area (Å²) in [4.78, 5) is 29.1. The topological polar surface area (TPSA) is 59.1 Å². The Morgan fingerprint density at radius 1 is 0.512 bits per heavy atom. The van der Waals surface area contributed by atoms with E-state index in [4.69, 9.17) is 9.47 Å².